The molecule has 0 saturated heterocycles. The second-order valence-corrected chi connectivity index (χ2v) is 6.23. The Balaban J connectivity index is 0.00000364. The summed E-state index contributed by atoms with van der Waals surface area (Å²) in [6.07, 6.45) is 9.98. The van der Waals surface area contributed by atoms with Crippen LogP contribution in [0.1, 0.15) is 51.1 Å². The molecule has 0 bridgehead atoms. The van der Waals surface area contributed by atoms with Gasteiger partial charge in [-0.1, -0.05) is 12.8 Å². The van der Waals surface area contributed by atoms with E-state index in [1.807, 2.05) is 0 Å². The van der Waals surface area contributed by atoms with Gasteiger partial charge in [0, 0.05) is 18.4 Å². The highest BCUT2D eigenvalue weighted by Gasteiger charge is 2.20. The highest BCUT2D eigenvalue weighted by molar-refractivity contribution is 5.95. The van der Waals surface area contributed by atoms with Crippen molar-refractivity contribution in [1.82, 2.24) is 4.98 Å². The Kier molecular flexibility index (Phi) is 10.5. The minimum atomic E-state index is -0.230. The van der Waals surface area contributed by atoms with E-state index in [1.165, 1.54) is 0 Å². The van der Waals surface area contributed by atoms with E-state index in [0.29, 0.717) is 43.2 Å². The van der Waals surface area contributed by atoms with Gasteiger partial charge in [0.15, 0.2) is 17.3 Å². The molecule has 0 amide bonds. The van der Waals surface area contributed by atoms with E-state index < -0.39 is 0 Å². The quantitative estimate of drug-likeness (QED) is 0.337. The molecule has 1 saturated carbocycles. The van der Waals surface area contributed by atoms with Gasteiger partial charge >= 0.3 is 5.97 Å². The number of ether oxygens (including phenoxy) is 3. The van der Waals surface area contributed by atoms with E-state index in [-0.39, 0.29) is 30.1 Å². The summed E-state index contributed by atoms with van der Waals surface area (Å²) in [6.45, 7) is 2.53. The van der Waals surface area contributed by atoms with Crippen LogP contribution < -0.4 is 9.47 Å². The molecule has 0 radical (unpaired) electrons. The van der Waals surface area contributed by atoms with Crippen LogP contribution in [0.3, 0.4) is 0 Å². The number of ketones is 1. The van der Waals surface area contributed by atoms with Crippen LogP contribution in [-0.4, -0.2) is 37.1 Å². The number of rotatable bonds is 10. The third-order valence-corrected chi connectivity index (χ3v) is 4.34. The molecule has 0 N–H and O–H groups in total. The minimum Gasteiger partial charge on any atom is -0.491 e. The molecule has 27 heavy (non-hydrogen) atoms. The predicted molar refractivity (Wildman–Crippen MR) is 105 cm³/mol. The largest absolute Gasteiger partial charge is 0.491 e. The predicted octanol–water partition coefficient (Wildman–Crippen LogP) is 4.01. The van der Waals surface area contributed by atoms with Crippen LogP contribution in [0.4, 0.5) is 0 Å². The Labute approximate surface area is 166 Å². The molecule has 7 heteroatoms. The molecule has 150 valence electrons. The molecule has 0 spiro atoms. The third kappa shape index (κ3) is 7.59. The van der Waals surface area contributed by atoms with Crippen LogP contribution in [-0.2, 0) is 14.3 Å². The van der Waals surface area contributed by atoms with E-state index in [1.54, 1.807) is 38.4 Å². The fraction of sp³-hybridized carbons (Fsp3) is 0.550. The lowest BCUT2D eigenvalue weighted by Crippen LogP contribution is -2.07. The van der Waals surface area contributed by atoms with Crippen LogP contribution in [0.25, 0.3) is 6.08 Å². The standard InChI is InChI=1S/C20H27NO5.ClH/c1-3-25-20(23)9-6-12-26-18-13-16(21-14-19(18)24-2)10-11-17(22)15-7-4-5-8-15;/h10-11,13-15H,3-9,12H2,1-2H3;1H. The SMILES string of the molecule is CCOC(=O)CCCOc1cc(C=CC(=O)C2CCCC2)ncc1OC.Cl. The van der Waals surface area contributed by atoms with E-state index >= 15 is 0 Å². The van der Waals surface area contributed by atoms with Gasteiger partial charge in [0.1, 0.15) is 0 Å². The number of hydrogen-bond acceptors (Lipinski definition) is 6. The fourth-order valence-electron chi connectivity index (χ4n) is 2.94. The molecule has 0 aliphatic heterocycles. The van der Waals surface area contributed by atoms with Crippen molar-refractivity contribution in [2.45, 2.75) is 45.4 Å². The van der Waals surface area contributed by atoms with Gasteiger partial charge < -0.3 is 14.2 Å². The van der Waals surface area contributed by atoms with E-state index in [4.69, 9.17) is 14.2 Å². The summed E-state index contributed by atoms with van der Waals surface area (Å²) in [7, 11) is 1.54. The molecular formula is C20H28ClNO5. The highest BCUT2D eigenvalue weighted by Crippen LogP contribution is 2.28. The van der Waals surface area contributed by atoms with Crippen LogP contribution in [0.2, 0.25) is 0 Å². The number of halogens is 1. The number of allylic oxidation sites excluding steroid dienone is 1. The topological polar surface area (TPSA) is 74.7 Å². The first-order valence-electron chi connectivity index (χ1n) is 9.18. The zero-order valence-corrected chi connectivity index (χ0v) is 16.8. The van der Waals surface area contributed by atoms with Crippen LogP contribution in [0, 0.1) is 5.92 Å². The highest BCUT2D eigenvalue weighted by atomic mass is 35.5. The number of esters is 1. The summed E-state index contributed by atoms with van der Waals surface area (Å²) in [5.74, 6) is 1.15. The van der Waals surface area contributed by atoms with Crippen molar-refractivity contribution in [2.24, 2.45) is 5.92 Å². The summed E-state index contributed by atoms with van der Waals surface area (Å²) < 4.78 is 15.9. The average molecular weight is 398 g/mol. The van der Waals surface area contributed by atoms with Crippen molar-refractivity contribution >= 4 is 30.2 Å². The number of methoxy groups -OCH3 is 1. The van der Waals surface area contributed by atoms with Crippen molar-refractivity contribution in [3.8, 4) is 11.5 Å². The fourth-order valence-corrected chi connectivity index (χ4v) is 2.94. The number of pyridine rings is 1. The van der Waals surface area contributed by atoms with Gasteiger partial charge in [0.05, 0.1) is 32.2 Å². The molecule has 1 fully saturated rings. The Morgan fingerprint density at radius 2 is 2.00 bits per heavy atom. The van der Waals surface area contributed by atoms with Gasteiger partial charge in [0.2, 0.25) is 0 Å². The number of hydrogen-bond donors (Lipinski definition) is 0. The van der Waals surface area contributed by atoms with Crippen molar-refractivity contribution < 1.29 is 23.8 Å². The summed E-state index contributed by atoms with van der Waals surface area (Å²) in [6, 6.07) is 1.74. The summed E-state index contributed by atoms with van der Waals surface area (Å²) in [5.41, 5.74) is 0.637. The van der Waals surface area contributed by atoms with Gasteiger partial charge in [-0.2, -0.15) is 0 Å². The molecule has 1 heterocycles. The van der Waals surface area contributed by atoms with Crippen LogP contribution >= 0.6 is 12.4 Å². The monoisotopic (exact) mass is 397 g/mol. The first kappa shape index (κ1) is 23.0. The maximum atomic E-state index is 12.1. The Hall–Kier alpha value is -2.08. The lowest BCUT2D eigenvalue weighted by atomic mass is 10.0. The Morgan fingerprint density at radius 3 is 2.67 bits per heavy atom. The van der Waals surface area contributed by atoms with Crippen molar-refractivity contribution in [1.29, 1.82) is 0 Å². The maximum absolute atomic E-state index is 12.1. The zero-order valence-electron chi connectivity index (χ0n) is 15.9. The number of carbonyl (C=O) groups excluding carboxylic acids is 2. The number of carbonyl (C=O) groups is 2. The maximum Gasteiger partial charge on any atom is 0.305 e. The smallest absolute Gasteiger partial charge is 0.305 e. The molecule has 0 atom stereocenters. The Morgan fingerprint density at radius 1 is 1.26 bits per heavy atom. The first-order chi connectivity index (χ1) is 12.6. The van der Waals surface area contributed by atoms with Crippen molar-refractivity contribution in [3.05, 3.63) is 24.0 Å². The van der Waals surface area contributed by atoms with Crippen LogP contribution in [0.5, 0.6) is 11.5 Å². The minimum absolute atomic E-state index is 0. The van der Waals surface area contributed by atoms with Crippen LogP contribution in [0.15, 0.2) is 18.3 Å². The zero-order chi connectivity index (χ0) is 18.8. The lowest BCUT2D eigenvalue weighted by Gasteiger charge is -2.11. The molecule has 6 nitrogen and oxygen atoms in total. The van der Waals surface area contributed by atoms with Gasteiger partial charge in [-0.05, 0) is 38.3 Å². The number of aromatic nitrogens is 1. The molecule has 0 aromatic carbocycles. The second-order valence-electron chi connectivity index (χ2n) is 6.23. The summed E-state index contributed by atoms with van der Waals surface area (Å²) in [5, 5.41) is 0. The van der Waals surface area contributed by atoms with Crippen molar-refractivity contribution in [2.75, 3.05) is 20.3 Å². The normalized spacial score (nSPS) is 14.0. The van der Waals surface area contributed by atoms with E-state index in [0.717, 1.165) is 25.7 Å². The third-order valence-electron chi connectivity index (χ3n) is 4.34. The number of nitrogens with zero attached hydrogens (tertiary/aromatic N) is 1. The van der Waals surface area contributed by atoms with E-state index in [9.17, 15) is 9.59 Å². The molecular weight excluding hydrogens is 370 g/mol. The van der Waals surface area contributed by atoms with Crippen molar-refractivity contribution in [3.63, 3.8) is 0 Å². The molecule has 0 unspecified atom stereocenters. The molecule has 1 aromatic heterocycles. The Bertz CT molecular complexity index is 641. The van der Waals surface area contributed by atoms with Gasteiger partial charge in [0.25, 0.3) is 0 Å². The van der Waals surface area contributed by atoms with Gasteiger partial charge in [-0.3, -0.25) is 14.6 Å². The second kappa shape index (κ2) is 12.3. The molecule has 1 aliphatic rings. The lowest BCUT2D eigenvalue weighted by molar-refractivity contribution is -0.143. The van der Waals surface area contributed by atoms with Gasteiger partial charge in [-0.25, -0.2) is 0 Å². The van der Waals surface area contributed by atoms with E-state index in [2.05, 4.69) is 4.98 Å². The molecule has 1 aromatic rings. The summed E-state index contributed by atoms with van der Waals surface area (Å²) in [4.78, 5) is 27.7. The van der Waals surface area contributed by atoms with Gasteiger partial charge in [-0.15, -0.1) is 12.4 Å². The molecule has 2 rings (SSSR count). The molecule has 1 aliphatic carbocycles. The average Bonchev–Trinajstić information content (AvgIpc) is 3.18. The first-order valence-corrected chi connectivity index (χ1v) is 9.18. The summed E-state index contributed by atoms with van der Waals surface area (Å²) >= 11 is 0.